The molecule has 52 heavy (non-hydrogen) atoms. The number of nitrogens with zero attached hydrogens (tertiary/aromatic N) is 2. The lowest BCUT2D eigenvalue weighted by Gasteiger charge is -2.27. The molecule has 0 radical (unpaired) electrons. The minimum Gasteiger partial charge on any atom is -0.311 e. The number of benzene rings is 9. The van der Waals surface area contributed by atoms with E-state index in [4.69, 9.17) is 2.74 Å². The summed E-state index contributed by atoms with van der Waals surface area (Å²) in [6.45, 7) is 0. The minimum atomic E-state index is -0.475. The van der Waals surface area contributed by atoms with Crippen LogP contribution in [0.15, 0.2) is 218 Å². The smallest absolute Gasteiger partial charge is 0.0645 e. The number of fused-ring (bicyclic) bond motifs is 3. The van der Waals surface area contributed by atoms with Crippen LogP contribution in [0.1, 0.15) is 11.0 Å². The molecule has 0 unspecified atom stereocenters. The van der Waals surface area contributed by atoms with Gasteiger partial charge in [-0.25, -0.2) is 0 Å². The molecule has 0 aliphatic carbocycles. The van der Waals surface area contributed by atoms with Gasteiger partial charge in [0.2, 0.25) is 0 Å². The van der Waals surface area contributed by atoms with Crippen LogP contribution in [0, 0.1) is 0 Å². The lowest BCUT2D eigenvalue weighted by Crippen LogP contribution is -2.10. The Bertz CT molecular complexity index is 2970. The number of hydrogen-bond donors (Lipinski definition) is 0. The molecule has 9 aromatic carbocycles. The Morgan fingerprint density at radius 1 is 0.288 bits per heavy atom. The summed E-state index contributed by atoms with van der Waals surface area (Å²) < 4.78 is 74.4. The van der Waals surface area contributed by atoms with Crippen LogP contribution in [0.5, 0.6) is 0 Å². The van der Waals surface area contributed by atoms with Gasteiger partial charge in [0.1, 0.15) is 0 Å². The van der Waals surface area contributed by atoms with Crippen molar-refractivity contribution in [1.29, 1.82) is 0 Å². The highest BCUT2D eigenvalue weighted by Gasteiger charge is 2.17. The van der Waals surface area contributed by atoms with Crippen LogP contribution in [0.2, 0.25) is 0 Å². The first-order chi connectivity index (χ1) is 29.2. The van der Waals surface area contributed by atoms with Gasteiger partial charge in [0.05, 0.1) is 16.7 Å². The molecule has 0 amide bonds. The van der Waals surface area contributed by atoms with Crippen molar-refractivity contribution < 1.29 is 11.0 Å². The first-order valence-electron chi connectivity index (χ1n) is 21.1. The number of hydrogen-bond acceptors (Lipinski definition) is 2. The monoisotopic (exact) mass is 672 g/mol. The molecule has 2 heteroatoms. The maximum atomic E-state index is 9.47. The van der Waals surface area contributed by atoms with E-state index >= 15 is 0 Å². The quantitative estimate of drug-likeness (QED) is 0.148. The zero-order valence-corrected chi connectivity index (χ0v) is 28.1. The van der Waals surface area contributed by atoms with Gasteiger partial charge < -0.3 is 9.80 Å². The van der Waals surface area contributed by atoms with E-state index in [-0.39, 0.29) is 46.5 Å². The Morgan fingerprint density at radius 3 is 1.25 bits per heavy atom. The Hall–Kier alpha value is -6.90. The fourth-order valence-electron chi connectivity index (χ4n) is 6.69. The van der Waals surface area contributed by atoms with E-state index in [2.05, 4.69) is 4.90 Å². The topological polar surface area (TPSA) is 6.48 Å². The zero-order valence-electron chi connectivity index (χ0n) is 36.1. The summed E-state index contributed by atoms with van der Waals surface area (Å²) in [6, 6.07) is 50.8. The van der Waals surface area contributed by atoms with E-state index in [0.29, 0.717) is 16.9 Å². The first-order valence-corrected chi connectivity index (χ1v) is 17.1. The van der Waals surface area contributed by atoms with E-state index in [1.807, 2.05) is 158 Å². The Labute approximate surface area is 316 Å². The van der Waals surface area contributed by atoms with Gasteiger partial charge in [0, 0.05) is 33.8 Å². The molecule has 2 nitrogen and oxygen atoms in total. The van der Waals surface area contributed by atoms with Crippen molar-refractivity contribution in [2.24, 2.45) is 0 Å². The van der Waals surface area contributed by atoms with E-state index < -0.39 is 24.2 Å². The largest absolute Gasteiger partial charge is 0.311 e. The molecule has 0 heterocycles. The van der Waals surface area contributed by atoms with Crippen molar-refractivity contribution in [2.75, 3.05) is 9.80 Å². The standard InChI is InChI=1S/C50H36N2/c1-4-15-42(16-5-1)51(43-17-6-2-7-18-43)45-32-28-39(29-33-45)37-24-26-38(27-25-37)40-30-34-46(35-31-40)52(44-19-8-3-9-20-44)50-36-41-14-10-11-21-47(41)48-22-12-13-23-49(48)50/h1-36H/i24D,25D,26D,27D,30D,31D,34D,35D. The van der Waals surface area contributed by atoms with Gasteiger partial charge in [-0.1, -0.05) is 152 Å². The fraction of sp³-hybridized carbons (Fsp3) is 0. The highest BCUT2D eigenvalue weighted by Crippen LogP contribution is 2.42. The number of para-hydroxylation sites is 3. The summed E-state index contributed by atoms with van der Waals surface area (Å²) in [7, 11) is 0. The molecular formula is C50H36N2. The second-order valence-electron chi connectivity index (χ2n) is 12.4. The molecule has 0 aliphatic rings. The fourth-order valence-corrected chi connectivity index (χ4v) is 6.69. The average Bonchev–Trinajstić information content (AvgIpc) is 3.29. The van der Waals surface area contributed by atoms with Crippen LogP contribution in [-0.4, -0.2) is 0 Å². The molecule has 0 atom stereocenters. The summed E-state index contributed by atoms with van der Waals surface area (Å²) >= 11 is 0. The van der Waals surface area contributed by atoms with Crippen LogP contribution < -0.4 is 9.80 Å². The predicted octanol–water partition coefficient (Wildman–Crippen LogP) is 14.3. The summed E-state index contributed by atoms with van der Waals surface area (Å²) in [5, 5.41) is 3.77. The van der Waals surface area contributed by atoms with Crippen molar-refractivity contribution in [1.82, 2.24) is 0 Å². The molecule has 9 rings (SSSR count). The summed E-state index contributed by atoms with van der Waals surface area (Å²) in [5.41, 5.74) is 3.89. The van der Waals surface area contributed by atoms with Gasteiger partial charge >= 0.3 is 0 Å². The van der Waals surface area contributed by atoms with Crippen LogP contribution in [0.25, 0.3) is 43.8 Å². The third-order valence-electron chi connectivity index (χ3n) is 9.15. The second kappa shape index (κ2) is 13.8. The summed E-state index contributed by atoms with van der Waals surface area (Å²) in [6.07, 6.45) is 0. The number of rotatable bonds is 8. The third kappa shape index (κ3) is 5.97. The Kier molecular flexibility index (Phi) is 6.23. The van der Waals surface area contributed by atoms with E-state index in [9.17, 15) is 8.22 Å². The molecule has 0 fully saturated rings. The van der Waals surface area contributed by atoms with Crippen LogP contribution in [0.3, 0.4) is 0 Å². The van der Waals surface area contributed by atoms with E-state index in [0.717, 1.165) is 38.6 Å². The maximum absolute atomic E-state index is 9.47. The van der Waals surface area contributed by atoms with Gasteiger partial charge in [0.15, 0.2) is 0 Å². The lowest BCUT2D eigenvalue weighted by atomic mass is 9.98. The molecule has 0 saturated heterocycles. The van der Waals surface area contributed by atoms with Gasteiger partial charge in [-0.2, -0.15) is 0 Å². The van der Waals surface area contributed by atoms with Crippen LogP contribution in [0.4, 0.5) is 34.1 Å². The average molecular weight is 673 g/mol. The van der Waals surface area contributed by atoms with Crippen molar-refractivity contribution in [3.63, 3.8) is 0 Å². The highest BCUT2D eigenvalue weighted by molar-refractivity contribution is 6.14. The van der Waals surface area contributed by atoms with E-state index in [1.54, 1.807) is 17.0 Å². The normalized spacial score (nSPS) is 13.2. The summed E-state index contributed by atoms with van der Waals surface area (Å²) in [5.74, 6) is 0. The molecule has 0 saturated carbocycles. The summed E-state index contributed by atoms with van der Waals surface area (Å²) in [4.78, 5) is 3.81. The maximum Gasteiger partial charge on any atom is 0.0645 e. The van der Waals surface area contributed by atoms with Crippen molar-refractivity contribution >= 4 is 55.7 Å². The molecule has 9 aromatic rings. The molecule has 0 bridgehead atoms. The molecule has 0 spiro atoms. The predicted molar refractivity (Wildman–Crippen MR) is 222 cm³/mol. The van der Waals surface area contributed by atoms with Gasteiger partial charge in [-0.05, 0) is 105 Å². The first kappa shape index (κ1) is 23.5. The van der Waals surface area contributed by atoms with E-state index in [1.165, 1.54) is 0 Å². The Morgan fingerprint density at radius 2 is 0.692 bits per heavy atom. The minimum absolute atomic E-state index is 0.00704. The molecule has 0 aliphatic heterocycles. The second-order valence-corrected chi connectivity index (χ2v) is 12.4. The van der Waals surface area contributed by atoms with Gasteiger partial charge in [0.25, 0.3) is 0 Å². The molecular weight excluding hydrogens is 629 g/mol. The van der Waals surface area contributed by atoms with Gasteiger partial charge in [-0.15, -0.1) is 0 Å². The van der Waals surface area contributed by atoms with Crippen molar-refractivity contribution in [2.45, 2.75) is 0 Å². The molecule has 246 valence electrons. The van der Waals surface area contributed by atoms with Crippen molar-refractivity contribution in [3.05, 3.63) is 218 Å². The highest BCUT2D eigenvalue weighted by atomic mass is 15.1. The van der Waals surface area contributed by atoms with Crippen LogP contribution >= 0.6 is 0 Å². The van der Waals surface area contributed by atoms with Gasteiger partial charge in [-0.3, -0.25) is 0 Å². The third-order valence-corrected chi connectivity index (χ3v) is 9.15. The van der Waals surface area contributed by atoms with Crippen molar-refractivity contribution in [3.8, 4) is 22.3 Å². The lowest BCUT2D eigenvalue weighted by molar-refractivity contribution is 1.28. The van der Waals surface area contributed by atoms with Crippen LogP contribution in [-0.2, 0) is 0 Å². The molecule has 0 N–H and O–H groups in total. The Balaban J connectivity index is 1.18. The SMILES string of the molecule is [2H]c1c([2H])c(-c2c([2H])c([2H])c(N(c3ccccc3)c3cc4ccccc4c4ccccc34)c([2H])c2[2H])c([2H])c([2H])c1-c1ccc(N(c2ccccc2)c2ccccc2)cc1. The number of anilines is 6. The zero-order chi connectivity index (χ0) is 41.7. The molecule has 0 aromatic heterocycles.